The van der Waals surface area contributed by atoms with Gasteiger partial charge in [-0.05, 0) is 168 Å². The maximum atomic E-state index is 13.2. The predicted octanol–water partition coefficient (Wildman–Crippen LogP) is 20.0. The van der Waals surface area contributed by atoms with E-state index in [-0.39, 0.29) is 45.4 Å². The Morgan fingerprint density at radius 1 is 0.241 bits per heavy atom. The number of rotatable bonds is 34. The summed E-state index contributed by atoms with van der Waals surface area (Å²) >= 11 is 0. The summed E-state index contributed by atoms with van der Waals surface area (Å²) in [4.78, 5) is 65.8. The molecule has 0 heterocycles. The molecule has 0 saturated carbocycles. The van der Waals surface area contributed by atoms with Crippen LogP contribution < -0.4 is 23.7 Å². The molecule has 0 aliphatic rings. The molecule has 8 rings (SSSR count). The third kappa shape index (κ3) is 21.2. The van der Waals surface area contributed by atoms with Crippen molar-refractivity contribution < 1.29 is 47.7 Å². The standard InChI is InChI=1S/C77H82O10/c1-3-5-7-9-11-13-15-17-19-21-25-57-31-35-59(36-32-57)61-39-43-63(44-40-61)74(79)86-71-29-23-27-66(55-71)76(81)84-68-49-47-65(48-50-68)73(78)83-69-51-53-70(54-52-69)85-77(82)67-28-24-30-72(56-67)87-75(80)64-45-41-62(42-46-64)60-37-33-58(34-38-60)26-22-20-18-16-14-12-10-8-6-4-2/h23-24,27-56H,3-22,25-26H2,1-2H3. The van der Waals surface area contributed by atoms with Crippen LogP contribution in [0.15, 0.2) is 194 Å². The number of esters is 5. The summed E-state index contributed by atoms with van der Waals surface area (Å²) < 4.78 is 28.0. The highest BCUT2D eigenvalue weighted by molar-refractivity contribution is 5.95. The van der Waals surface area contributed by atoms with Crippen LogP contribution in [0.2, 0.25) is 0 Å². The van der Waals surface area contributed by atoms with Gasteiger partial charge in [-0.3, -0.25) is 0 Å². The first-order valence-electron chi connectivity index (χ1n) is 31.5. The van der Waals surface area contributed by atoms with E-state index in [0.29, 0.717) is 11.1 Å². The highest BCUT2D eigenvalue weighted by Gasteiger charge is 2.17. The zero-order valence-electron chi connectivity index (χ0n) is 50.6. The van der Waals surface area contributed by atoms with Gasteiger partial charge in [0, 0.05) is 0 Å². The molecule has 0 radical (unpaired) electrons. The average Bonchev–Trinajstić information content (AvgIpc) is 3.74. The van der Waals surface area contributed by atoms with Gasteiger partial charge in [-0.25, -0.2) is 24.0 Å². The van der Waals surface area contributed by atoms with E-state index in [1.165, 1.54) is 200 Å². The second kappa shape index (κ2) is 34.9. The fourth-order valence-corrected chi connectivity index (χ4v) is 10.4. The molecule has 0 unspecified atom stereocenters. The van der Waals surface area contributed by atoms with Gasteiger partial charge < -0.3 is 23.7 Å². The molecule has 0 bridgehead atoms. The van der Waals surface area contributed by atoms with Crippen molar-refractivity contribution in [2.24, 2.45) is 0 Å². The van der Waals surface area contributed by atoms with Crippen molar-refractivity contribution in [2.45, 2.75) is 155 Å². The van der Waals surface area contributed by atoms with Crippen LogP contribution in [0.25, 0.3) is 22.3 Å². The number of ether oxygens (including phenoxy) is 5. The molecule has 0 atom stereocenters. The van der Waals surface area contributed by atoms with Gasteiger partial charge in [0.2, 0.25) is 0 Å². The van der Waals surface area contributed by atoms with Gasteiger partial charge in [0.05, 0.1) is 27.8 Å². The van der Waals surface area contributed by atoms with E-state index in [4.69, 9.17) is 23.7 Å². The van der Waals surface area contributed by atoms with Crippen LogP contribution in [0.5, 0.6) is 28.7 Å². The van der Waals surface area contributed by atoms with Gasteiger partial charge in [-0.15, -0.1) is 0 Å². The van der Waals surface area contributed by atoms with E-state index >= 15 is 0 Å². The Morgan fingerprint density at radius 2 is 0.483 bits per heavy atom. The Bertz CT molecular complexity index is 3420. The average molecular weight is 1170 g/mol. The fourth-order valence-electron chi connectivity index (χ4n) is 10.4. The SMILES string of the molecule is CCCCCCCCCCCCc1ccc(-c2ccc(C(=O)Oc3cccc(C(=O)Oc4ccc(OC(=O)c5ccc(OC(=O)c6cccc(OC(=O)c7ccc(-c8ccc(CCCCCCCCCCCC)cc8)cc7)c6)cc5)cc4)c3)cc2)cc1. The summed E-state index contributed by atoms with van der Waals surface area (Å²) in [6.45, 7) is 4.52. The molecule has 87 heavy (non-hydrogen) atoms. The summed E-state index contributed by atoms with van der Waals surface area (Å²) in [6, 6.07) is 55.9. The maximum Gasteiger partial charge on any atom is 0.343 e. The Balaban J connectivity index is 0.727. The number of benzene rings is 8. The molecule has 450 valence electrons. The highest BCUT2D eigenvalue weighted by Crippen LogP contribution is 2.27. The molecule has 10 nitrogen and oxygen atoms in total. The van der Waals surface area contributed by atoms with Crippen LogP contribution in [0, 0.1) is 0 Å². The number of carbonyl (C=O) groups is 5. The number of aryl methyl sites for hydroxylation is 2. The fraction of sp³-hybridized carbons (Fsp3) is 0.312. The van der Waals surface area contributed by atoms with Crippen molar-refractivity contribution in [3.05, 3.63) is 233 Å². The minimum Gasteiger partial charge on any atom is -0.423 e. The topological polar surface area (TPSA) is 132 Å². The lowest BCUT2D eigenvalue weighted by Gasteiger charge is -2.09. The van der Waals surface area contributed by atoms with Crippen LogP contribution in [0.1, 0.15) is 205 Å². The molecule has 0 saturated heterocycles. The van der Waals surface area contributed by atoms with Gasteiger partial charge in [0.1, 0.15) is 28.7 Å². The molecule has 8 aromatic carbocycles. The van der Waals surface area contributed by atoms with Crippen LogP contribution >= 0.6 is 0 Å². The second-order valence-corrected chi connectivity index (χ2v) is 22.4. The Labute approximate surface area is 514 Å². The maximum absolute atomic E-state index is 13.2. The predicted molar refractivity (Wildman–Crippen MR) is 345 cm³/mol. The molecule has 8 aromatic rings. The summed E-state index contributed by atoms with van der Waals surface area (Å²) in [7, 11) is 0. The minimum atomic E-state index is -0.692. The molecule has 10 heteroatoms. The van der Waals surface area contributed by atoms with Crippen LogP contribution in [0.4, 0.5) is 0 Å². The number of carbonyl (C=O) groups excluding carboxylic acids is 5. The first-order chi connectivity index (χ1) is 42.6. The third-order valence-electron chi connectivity index (χ3n) is 15.6. The lowest BCUT2D eigenvalue weighted by atomic mass is 10.00. The third-order valence-corrected chi connectivity index (χ3v) is 15.6. The Hall–Kier alpha value is -8.89. The molecule has 0 N–H and O–H groups in total. The zero-order valence-corrected chi connectivity index (χ0v) is 50.6. The van der Waals surface area contributed by atoms with E-state index < -0.39 is 29.8 Å². The van der Waals surface area contributed by atoms with Crippen LogP contribution in [-0.4, -0.2) is 29.8 Å². The lowest BCUT2D eigenvalue weighted by Crippen LogP contribution is -2.12. The molecule has 0 aromatic heterocycles. The normalized spacial score (nSPS) is 11.0. The Morgan fingerprint density at radius 3 is 0.793 bits per heavy atom. The monoisotopic (exact) mass is 1170 g/mol. The highest BCUT2D eigenvalue weighted by atomic mass is 16.6. The summed E-state index contributed by atoms with van der Waals surface area (Å²) in [5.41, 5.74) is 8.03. The van der Waals surface area contributed by atoms with Crippen molar-refractivity contribution in [1.29, 1.82) is 0 Å². The van der Waals surface area contributed by atoms with E-state index in [0.717, 1.165) is 35.1 Å². The van der Waals surface area contributed by atoms with E-state index in [9.17, 15) is 24.0 Å². The largest absolute Gasteiger partial charge is 0.423 e. The minimum absolute atomic E-state index is 0.155. The van der Waals surface area contributed by atoms with E-state index in [2.05, 4.69) is 62.4 Å². The molecule has 0 aliphatic heterocycles. The van der Waals surface area contributed by atoms with E-state index in [1.807, 2.05) is 24.3 Å². The quantitative estimate of drug-likeness (QED) is 0.0218. The van der Waals surface area contributed by atoms with Crippen molar-refractivity contribution in [1.82, 2.24) is 0 Å². The molecule has 0 fully saturated rings. The summed E-state index contributed by atoms with van der Waals surface area (Å²) in [5.74, 6) is -2.26. The van der Waals surface area contributed by atoms with Crippen molar-refractivity contribution in [2.75, 3.05) is 0 Å². The van der Waals surface area contributed by atoms with Crippen molar-refractivity contribution >= 4 is 29.8 Å². The van der Waals surface area contributed by atoms with Crippen molar-refractivity contribution in [3.8, 4) is 51.0 Å². The second-order valence-electron chi connectivity index (χ2n) is 22.4. The molecule has 0 spiro atoms. The van der Waals surface area contributed by atoms with Gasteiger partial charge in [-0.2, -0.15) is 0 Å². The zero-order chi connectivity index (χ0) is 60.8. The van der Waals surface area contributed by atoms with Gasteiger partial charge in [0.25, 0.3) is 0 Å². The summed E-state index contributed by atoms with van der Waals surface area (Å²) in [6.07, 6.45) is 28.6. The molecular weight excluding hydrogens is 1080 g/mol. The Kier molecular flexibility index (Phi) is 25.7. The molecule has 0 aliphatic carbocycles. The van der Waals surface area contributed by atoms with Gasteiger partial charge >= 0.3 is 29.8 Å². The van der Waals surface area contributed by atoms with Gasteiger partial charge in [0.15, 0.2) is 0 Å². The number of hydrogen-bond acceptors (Lipinski definition) is 10. The smallest absolute Gasteiger partial charge is 0.343 e. The van der Waals surface area contributed by atoms with Crippen LogP contribution in [0.3, 0.4) is 0 Å². The first kappa shape index (κ1) is 64.1. The first-order valence-corrected chi connectivity index (χ1v) is 31.5. The van der Waals surface area contributed by atoms with E-state index in [1.54, 1.807) is 60.7 Å². The molecule has 0 amide bonds. The summed E-state index contributed by atoms with van der Waals surface area (Å²) in [5, 5.41) is 0. The van der Waals surface area contributed by atoms with Crippen LogP contribution in [-0.2, 0) is 12.8 Å². The van der Waals surface area contributed by atoms with Gasteiger partial charge in [-0.1, -0.05) is 214 Å². The molecular formula is C77H82O10. The number of unbranched alkanes of at least 4 members (excludes halogenated alkanes) is 18. The number of hydrogen-bond donors (Lipinski definition) is 0. The lowest BCUT2D eigenvalue weighted by molar-refractivity contribution is 0.0712. The van der Waals surface area contributed by atoms with Crippen molar-refractivity contribution in [3.63, 3.8) is 0 Å².